The van der Waals surface area contributed by atoms with E-state index < -0.39 is 26.1 Å². The molecule has 1 amide bonds. The van der Waals surface area contributed by atoms with E-state index in [9.17, 15) is 26.4 Å². The summed E-state index contributed by atoms with van der Waals surface area (Å²) in [6.07, 6.45) is 7.96. The molecule has 1 aliphatic heterocycles. The Bertz CT molecular complexity index is 1840. The summed E-state index contributed by atoms with van der Waals surface area (Å²) in [6, 6.07) is 10.2. The van der Waals surface area contributed by atoms with Gasteiger partial charge in [0.25, 0.3) is 31.7 Å². The van der Waals surface area contributed by atoms with E-state index in [1.807, 2.05) is 0 Å². The Labute approximate surface area is 223 Å². The molecule has 0 saturated carbocycles. The van der Waals surface area contributed by atoms with Gasteiger partial charge >= 0.3 is 0 Å². The van der Waals surface area contributed by atoms with E-state index in [0.29, 0.717) is 33.9 Å². The van der Waals surface area contributed by atoms with Crippen LogP contribution in [0.3, 0.4) is 0 Å². The molecule has 2 aromatic carbocycles. The molecule has 14 heteroatoms. The molecule has 0 bridgehead atoms. The third-order valence-electron chi connectivity index (χ3n) is 5.70. The Morgan fingerprint density at radius 3 is 1.87 bits per heavy atom. The van der Waals surface area contributed by atoms with Crippen molar-refractivity contribution in [2.45, 2.75) is 23.6 Å². The normalized spacial score (nSPS) is 15.7. The average Bonchev–Trinajstić information content (AvgIpc) is 3.32. The molecule has 0 unspecified atom stereocenters. The summed E-state index contributed by atoms with van der Waals surface area (Å²) in [5.74, 6) is -0.426. The standard InChI is InChI=1S/C25H22N4O8S2/c1-16-22(24(30)28(26-16)18-8-12-20(13-9-18)38(32,33)34)6-4-3-5-7-23-17(2)27-29(25(23)31)19-10-14-21(15-11-19)39(35,36)37/h3-15,26H,1-2H3,(H,32,33,34)(H,35,36,37)/b5-3+,6-4+,23-7-. The maximum Gasteiger partial charge on any atom is 0.294 e. The van der Waals surface area contributed by atoms with Gasteiger partial charge in [-0.3, -0.25) is 23.8 Å². The molecule has 0 spiro atoms. The minimum absolute atomic E-state index is 0.291. The lowest BCUT2D eigenvalue weighted by atomic mass is 10.1. The van der Waals surface area contributed by atoms with E-state index in [0.717, 1.165) is 5.01 Å². The van der Waals surface area contributed by atoms with Crippen LogP contribution in [0.25, 0.3) is 11.8 Å². The van der Waals surface area contributed by atoms with E-state index in [1.54, 1.807) is 44.2 Å². The van der Waals surface area contributed by atoms with Crippen LogP contribution in [-0.4, -0.2) is 47.3 Å². The summed E-state index contributed by atoms with van der Waals surface area (Å²) in [6.45, 7) is 3.35. The van der Waals surface area contributed by atoms with Crippen LogP contribution in [0.2, 0.25) is 0 Å². The molecule has 202 valence electrons. The lowest BCUT2D eigenvalue weighted by Gasteiger charge is -2.11. The van der Waals surface area contributed by atoms with Crippen LogP contribution < -0.4 is 10.6 Å². The number of aryl methyl sites for hydroxylation is 1. The van der Waals surface area contributed by atoms with Crippen LogP contribution in [0.1, 0.15) is 18.2 Å². The van der Waals surface area contributed by atoms with Gasteiger partial charge in [-0.05, 0) is 74.5 Å². The molecular formula is C25H22N4O8S2. The van der Waals surface area contributed by atoms with Crippen molar-refractivity contribution >= 4 is 43.6 Å². The fraction of sp³-hybridized carbons (Fsp3) is 0.0800. The first-order chi connectivity index (χ1) is 18.3. The zero-order valence-corrected chi connectivity index (χ0v) is 22.1. The van der Waals surface area contributed by atoms with Crippen LogP contribution in [0.5, 0.6) is 0 Å². The number of H-pyrrole nitrogens is 1. The number of amides is 1. The third-order valence-corrected chi connectivity index (χ3v) is 7.44. The zero-order valence-electron chi connectivity index (χ0n) is 20.5. The molecule has 12 nitrogen and oxygen atoms in total. The highest BCUT2D eigenvalue weighted by Gasteiger charge is 2.28. The topological polar surface area (TPSA) is 179 Å². The molecule has 1 aromatic heterocycles. The van der Waals surface area contributed by atoms with Crippen molar-refractivity contribution in [1.29, 1.82) is 0 Å². The quantitative estimate of drug-likeness (QED) is 0.220. The number of nitrogens with zero attached hydrogens (tertiary/aromatic N) is 3. The summed E-state index contributed by atoms with van der Waals surface area (Å²) < 4.78 is 64.4. The maximum atomic E-state index is 12.8. The number of nitrogens with one attached hydrogen (secondary N) is 1. The Kier molecular flexibility index (Phi) is 7.39. The molecule has 0 radical (unpaired) electrons. The maximum absolute atomic E-state index is 12.8. The third kappa shape index (κ3) is 5.88. The van der Waals surface area contributed by atoms with Crippen molar-refractivity contribution in [3.05, 3.63) is 100 Å². The van der Waals surface area contributed by atoms with Crippen molar-refractivity contribution in [2.75, 3.05) is 5.01 Å². The predicted molar refractivity (Wildman–Crippen MR) is 144 cm³/mol. The zero-order chi connectivity index (χ0) is 28.5. The van der Waals surface area contributed by atoms with E-state index in [4.69, 9.17) is 9.11 Å². The van der Waals surface area contributed by atoms with Crippen molar-refractivity contribution in [3.63, 3.8) is 0 Å². The highest BCUT2D eigenvalue weighted by atomic mass is 32.2. The first-order valence-electron chi connectivity index (χ1n) is 11.2. The Morgan fingerprint density at radius 1 is 0.795 bits per heavy atom. The van der Waals surface area contributed by atoms with Gasteiger partial charge in [0, 0.05) is 5.69 Å². The largest absolute Gasteiger partial charge is 0.295 e. The number of rotatable bonds is 7. The van der Waals surface area contributed by atoms with Gasteiger partial charge in [0.2, 0.25) is 0 Å². The van der Waals surface area contributed by atoms with Crippen molar-refractivity contribution in [3.8, 4) is 5.69 Å². The van der Waals surface area contributed by atoms with Gasteiger partial charge in [-0.25, -0.2) is 4.68 Å². The number of hydrogen-bond donors (Lipinski definition) is 3. The van der Waals surface area contributed by atoms with Crippen LogP contribution in [0, 0.1) is 6.92 Å². The van der Waals surface area contributed by atoms with Gasteiger partial charge in [-0.1, -0.05) is 18.2 Å². The van der Waals surface area contributed by atoms with E-state index in [-0.39, 0.29) is 15.4 Å². The summed E-state index contributed by atoms with van der Waals surface area (Å²) in [4.78, 5) is 25.1. The average molecular weight is 571 g/mol. The minimum Gasteiger partial charge on any atom is -0.295 e. The summed E-state index contributed by atoms with van der Waals surface area (Å²) in [7, 11) is -8.71. The number of allylic oxidation sites excluding steroid dienone is 4. The monoisotopic (exact) mass is 570 g/mol. The van der Waals surface area contributed by atoms with Gasteiger partial charge in [0.15, 0.2) is 0 Å². The van der Waals surface area contributed by atoms with E-state index >= 15 is 0 Å². The number of aromatic nitrogens is 2. The van der Waals surface area contributed by atoms with Gasteiger partial charge in [0.05, 0.1) is 38.0 Å². The number of carbonyl (C=O) groups excluding carboxylic acids is 1. The lowest BCUT2D eigenvalue weighted by molar-refractivity contribution is -0.114. The molecular weight excluding hydrogens is 548 g/mol. The second-order valence-corrected chi connectivity index (χ2v) is 11.2. The number of hydrazone groups is 1. The molecule has 1 aliphatic rings. The molecule has 3 N–H and O–H groups in total. The van der Waals surface area contributed by atoms with Crippen LogP contribution in [0.4, 0.5) is 5.69 Å². The van der Waals surface area contributed by atoms with E-state index in [2.05, 4.69) is 10.2 Å². The molecule has 4 rings (SSSR count). The van der Waals surface area contributed by atoms with Crippen molar-refractivity contribution in [1.82, 2.24) is 9.78 Å². The smallest absolute Gasteiger partial charge is 0.294 e. The van der Waals surface area contributed by atoms with Crippen LogP contribution in [-0.2, 0) is 25.0 Å². The fourth-order valence-electron chi connectivity index (χ4n) is 3.72. The number of carbonyl (C=O) groups is 1. The van der Waals surface area contributed by atoms with Crippen molar-refractivity contribution < 1.29 is 30.7 Å². The molecule has 0 aliphatic carbocycles. The molecule has 2 heterocycles. The summed E-state index contributed by atoms with van der Waals surface area (Å²) in [5.41, 5.74) is 2.00. The Hall–Kier alpha value is -4.37. The molecule has 0 saturated heterocycles. The highest BCUT2D eigenvalue weighted by Crippen LogP contribution is 2.25. The van der Waals surface area contributed by atoms with Crippen LogP contribution >= 0.6 is 0 Å². The Balaban J connectivity index is 1.48. The fourth-order valence-corrected chi connectivity index (χ4v) is 4.68. The van der Waals surface area contributed by atoms with Gasteiger partial charge in [0.1, 0.15) is 0 Å². The number of aromatic amines is 1. The molecule has 3 aromatic rings. The first-order valence-corrected chi connectivity index (χ1v) is 14.1. The SMILES string of the molecule is CC1=NN(c2ccc(S(=O)(=O)O)cc2)C(=O)\C1=C/C=C/C=C/c1c(C)[nH]n(-c2ccc(S(=O)(=O)O)cc2)c1=O. The number of hydrogen-bond acceptors (Lipinski definition) is 7. The van der Waals surface area contributed by atoms with Gasteiger partial charge in [-0.2, -0.15) is 26.9 Å². The predicted octanol–water partition coefficient (Wildman–Crippen LogP) is 2.89. The molecule has 0 fully saturated rings. The van der Waals surface area contributed by atoms with E-state index in [1.165, 1.54) is 53.2 Å². The highest BCUT2D eigenvalue weighted by molar-refractivity contribution is 7.86. The Morgan fingerprint density at radius 2 is 1.33 bits per heavy atom. The van der Waals surface area contributed by atoms with Crippen LogP contribution in [0.15, 0.2) is 98.1 Å². The molecule has 0 atom stereocenters. The number of benzene rings is 2. The number of anilines is 1. The molecule has 39 heavy (non-hydrogen) atoms. The van der Waals surface area contributed by atoms with Crippen molar-refractivity contribution in [2.24, 2.45) is 5.10 Å². The second-order valence-electron chi connectivity index (χ2n) is 8.36. The van der Waals surface area contributed by atoms with Gasteiger partial charge in [-0.15, -0.1) is 0 Å². The first kappa shape index (κ1) is 27.7. The summed E-state index contributed by atoms with van der Waals surface area (Å²) >= 11 is 0. The minimum atomic E-state index is -4.36. The lowest BCUT2D eigenvalue weighted by Crippen LogP contribution is -2.21. The van der Waals surface area contributed by atoms with Gasteiger partial charge < -0.3 is 0 Å². The summed E-state index contributed by atoms with van der Waals surface area (Å²) in [5, 5.41) is 8.23. The second kappa shape index (κ2) is 10.4.